The Morgan fingerprint density at radius 3 is 2.65 bits per heavy atom. The third kappa shape index (κ3) is 4.38. The molecule has 0 amide bonds. The Labute approximate surface area is 182 Å². The van der Waals surface area contributed by atoms with Gasteiger partial charge in [0.2, 0.25) is 0 Å². The maximum atomic E-state index is 13.9. The Morgan fingerprint density at radius 2 is 2.00 bits per heavy atom. The lowest BCUT2D eigenvalue weighted by Crippen LogP contribution is -2.53. The summed E-state index contributed by atoms with van der Waals surface area (Å²) in [6, 6.07) is 9.59. The zero-order valence-electron chi connectivity index (χ0n) is 17.8. The van der Waals surface area contributed by atoms with Crippen molar-refractivity contribution < 1.29 is 9.53 Å². The molecule has 2 aliphatic rings. The molecular weight excluding hydrogens is 392 g/mol. The summed E-state index contributed by atoms with van der Waals surface area (Å²) >= 11 is 0. The van der Waals surface area contributed by atoms with Crippen molar-refractivity contribution >= 4 is 11.6 Å². The first kappa shape index (κ1) is 21.2. The van der Waals surface area contributed by atoms with Gasteiger partial charge in [-0.3, -0.25) is 14.7 Å². The molecule has 1 aromatic carbocycles. The number of ketones is 1. The van der Waals surface area contributed by atoms with Crippen molar-refractivity contribution in [2.24, 2.45) is 5.41 Å². The Morgan fingerprint density at radius 1 is 1.23 bits per heavy atom. The molecule has 1 atom stereocenters. The normalized spacial score (nSPS) is 19.9. The zero-order valence-corrected chi connectivity index (χ0v) is 17.8. The van der Waals surface area contributed by atoms with Crippen molar-refractivity contribution in [1.82, 2.24) is 20.2 Å². The van der Waals surface area contributed by atoms with Gasteiger partial charge in [0.15, 0.2) is 5.78 Å². The number of benzene rings is 1. The number of methoxy groups -OCH3 is 1. The number of piperidine rings is 1. The Kier molecular flexibility index (Phi) is 6.44. The van der Waals surface area contributed by atoms with Crippen molar-refractivity contribution in [1.29, 1.82) is 5.26 Å². The largest absolute Gasteiger partial charge is 0.497 e. The summed E-state index contributed by atoms with van der Waals surface area (Å²) < 4.78 is 5.42. The van der Waals surface area contributed by atoms with Gasteiger partial charge >= 0.3 is 0 Å². The first-order valence-corrected chi connectivity index (χ1v) is 10.7. The third-order valence-electron chi connectivity index (χ3n) is 6.35. The van der Waals surface area contributed by atoms with Crippen LogP contribution in [0, 0.1) is 16.7 Å². The number of nitrogens with zero attached hydrogens (tertiary/aromatic N) is 5. The second-order valence-electron chi connectivity index (χ2n) is 8.07. The molecule has 2 saturated heterocycles. The monoisotopic (exact) mass is 420 g/mol. The van der Waals surface area contributed by atoms with E-state index in [0.717, 1.165) is 24.5 Å². The Balaban J connectivity index is 1.61. The van der Waals surface area contributed by atoms with E-state index in [2.05, 4.69) is 31.2 Å². The average Bonchev–Trinajstić information content (AvgIpc) is 2.85. The molecule has 2 aliphatic heterocycles. The summed E-state index contributed by atoms with van der Waals surface area (Å²) in [5, 5.41) is 13.3. The van der Waals surface area contributed by atoms with Crippen LogP contribution < -0.4 is 15.0 Å². The summed E-state index contributed by atoms with van der Waals surface area (Å²) in [5.74, 6) is 1.56. The fourth-order valence-electron chi connectivity index (χ4n) is 4.53. The highest BCUT2D eigenvalue weighted by Crippen LogP contribution is 2.38. The molecule has 0 spiro atoms. The molecule has 1 N–H and O–H groups in total. The van der Waals surface area contributed by atoms with Gasteiger partial charge in [-0.1, -0.05) is 12.1 Å². The lowest BCUT2D eigenvalue weighted by atomic mass is 9.72. The van der Waals surface area contributed by atoms with E-state index in [1.165, 1.54) is 0 Å². The number of nitriles is 1. The number of nitrogens with one attached hydrogen (secondary N) is 1. The second kappa shape index (κ2) is 9.41. The molecule has 1 unspecified atom stereocenters. The molecule has 1 aromatic heterocycles. The fraction of sp³-hybridized carbons (Fsp3) is 0.478. The van der Waals surface area contributed by atoms with Crippen LogP contribution in [0.4, 0.5) is 5.82 Å². The van der Waals surface area contributed by atoms with E-state index in [4.69, 9.17) is 4.74 Å². The summed E-state index contributed by atoms with van der Waals surface area (Å²) in [6.45, 7) is 4.25. The average molecular weight is 421 g/mol. The third-order valence-corrected chi connectivity index (χ3v) is 6.35. The standard InChI is InChI=1S/C23H28N6O2/c1-31-19-4-2-3-18(15-19)21(22(30)23(17-24)5-7-25-8-6-23)29-13-11-28(12-14-29)20-16-26-9-10-27-20/h2-4,9-10,15-16,21,25H,5-8,11-14H2,1H3. The van der Waals surface area contributed by atoms with E-state index in [-0.39, 0.29) is 5.78 Å². The Hall–Kier alpha value is -3.02. The van der Waals surface area contributed by atoms with E-state index in [1.54, 1.807) is 25.7 Å². The van der Waals surface area contributed by atoms with Gasteiger partial charge in [-0.15, -0.1) is 0 Å². The molecule has 4 rings (SSSR count). The summed E-state index contributed by atoms with van der Waals surface area (Å²) in [5.41, 5.74) is -0.0773. The summed E-state index contributed by atoms with van der Waals surface area (Å²) in [4.78, 5) is 26.9. The SMILES string of the molecule is COc1cccc(C(C(=O)C2(C#N)CCNCC2)N2CCN(c3cnccn3)CC2)c1. The highest BCUT2D eigenvalue weighted by Gasteiger charge is 2.46. The second-order valence-corrected chi connectivity index (χ2v) is 8.07. The summed E-state index contributed by atoms with van der Waals surface area (Å²) in [6.07, 6.45) is 6.21. The van der Waals surface area contributed by atoms with Gasteiger partial charge in [0.1, 0.15) is 17.0 Å². The molecular formula is C23H28N6O2. The molecule has 162 valence electrons. The number of carbonyl (C=O) groups is 1. The zero-order chi connectivity index (χ0) is 21.7. The van der Waals surface area contributed by atoms with Gasteiger partial charge in [-0.05, 0) is 43.6 Å². The number of carbonyl (C=O) groups excluding carboxylic acids is 1. The van der Waals surface area contributed by atoms with Crippen LogP contribution in [-0.4, -0.2) is 67.0 Å². The number of hydrogen-bond donors (Lipinski definition) is 1. The number of anilines is 1. The number of Topliss-reactive ketones (excluding diaryl/α,β-unsaturated/α-hetero) is 1. The molecule has 2 fully saturated rings. The Bertz CT molecular complexity index is 931. The highest BCUT2D eigenvalue weighted by atomic mass is 16.5. The molecule has 0 saturated carbocycles. The van der Waals surface area contributed by atoms with Gasteiger partial charge in [-0.25, -0.2) is 4.98 Å². The van der Waals surface area contributed by atoms with E-state index >= 15 is 0 Å². The maximum Gasteiger partial charge on any atom is 0.174 e. The van der Waals surface area contributed by atoms with Gasteiger partial charge in [0.05, 0.1) is 25.4 Å². The van der Waals surface area contributed by atoms with E-state index < -0.39 is 11.5 Å². The van der Waals surface area contributed by atoms with Gasteiger partial charge in [0.25, 0.3) is 0 Å². The lowest BCUT2D eigenvalue weighted by molar-refractivity contribution is -0.133. The van der Waals surface area contributed by atoms with Crippen molar-refractivity contribution in [3.8, 4) is 11.8 Å². The molecule has 0 radical (unpaired) electrons. The minimum atomic E-state index is -0.957. The van der Waals surface area contributed by atoms with Crippen molar-refractivity contribution in [3.63, 3.8) is 0 Å². The summed E-state index contributed by atoms with van der Waals surface area (Å²) in [7, 11) is 1.62. The first-order chi connectivity index (χ1) is 15.2. The number of rotatable bonds is 6. The molecule has 3 heterocycles. The van der Waals surface area contributed by atoms with Crippen LogP contribution in [-0.2, 0) is 4.79 Å². The topological polar surface area (TPSA) is 94.4 Å². The van der Waals surface area contributed by atoms with Crippen LogP contribution in [0.5, 0.6) is 5.75 Å². The van der Waals surface area contributed by atoms with Crippen molar-refractivity contribution in [3.05, 3.63) is 48.4 Å². The molecule has 31 heavy (non-hydrogen) atoms. The van der Waals surface area contributed by atoms with Crippen LogP contribution >= 0.6 is 0 Å². The predicted molar refractivity (Wildman–Crippen MR) is 117 cm³/mol. The van der Waals surface area contributed by atoms with Crippen LogP contribution in [0.3, 0.4) is 0 Å². The van der Waals surface area contributed by atoms with Crippen LogP contribution in [0.15, 0.2) is 42.9 Å². The predicted octanol–water partition coefficient (Wildman–Crippen LogP) is 1.81. The molecule has 8 nitrogen and oxygen atoms in total. The first-order valence-electron chi connectivity index (χ1n) is 10.7. The van der Waals surface area contributed by atoms with Crippen molar-refractivity contribution in [2.75, 3.05) is 51.3 Å². The van der Waals surface area contributed by atoms with Crippen molar-refractivity contribution in [2.45, 2.75) is 18.9 Å². The van der Waals surface area contributed by atoms with E-state index in [1.807, 2.05) is 24.3 Å². The number of ether oxygens (including phenoxy) is 1. The molecule has 0 bridgehead atoms. The van der Waals surface area contributed by atoms with Gasteiger partial charge < -0.3 is 15.0 Å². The van der Waals surface area contributed by atoms with Crippen LogP contribution in [0.1, 0.15) is 24.4 Å². The number of piperazine rings is 1. The molecule has 2 aromatic rings. The van der Waals surface area contributed by atoms with Gasteiger partial charge in [0, 0.05) is 38.6 Å². The van der Waals surface area contributed by atoms with E-state index in [9.17, 15) is 10.1 Å². The fourth-order valence-corrected chi connectivity index (χ4v) is 4.53. The minimum absolute atomic E-state index is 0.00212. The molecule has 0 aliphatic carbocycles. The van der Waals surface area contributed by atoms with Crippen LogP contribution in [0.2, 0.25) is 0 Å². The smallest absolute Gasteiger partial charge is 0.174 e. The highest BCUT2D eigenvalue weighted by molar-refractivity contribution is 5.93. The minimum Gasteiger partial charge on any atom is -0.497 e. The van der Waals surface area contributed by atoms with Crippen LogP contribution in [0.25, 0.3) is 0 Å². The number of hydrogen-bond acceptors (Lipinski definition) is 8. The molecule has 8 heteroatoms. The van der Waals surface area contributed by atoms with Gasteiger partial charge in [-0.2, -0.15) is 5.26 Å². The number of aromatic nitrogens is 2. The lowest BCUT2D eigenvalue weighted by Gasteiger charge is -2.42. The maximum absolute atomic E-state index is 13.9. The van der Waals surface area contributed by atoms with E-state index in [0.29, 0.717) is 44.8 Å². The quantitative estimate of drug-likeness (QED) is 0.756.